The van der Waals surface area contributed by atoms with Gasteiger partial charge in [-0.25, -0.2) is 0 Å². The Balaban J connectivity index is 1.52. The van der Waals surface area contributed by atoms with Gasteiger partial charge >= 0.3 is 0 Å². The maximum atomic E-state index is 5.61. The average Bonchev–Trinajstić information content (AvgIpc) is 3.12. The van der Waals surface area contributed by atoms with Crippen LogP contribution in [-0.2, 0) is 6.42 Å². The van der Waals surface area contributed by atoms with Crippen LogP contribution in [0, 0.1) is 0 Å². The fraction of sp³-hybridized carbons (Fsp3) is 0.462. The second-order valence-corrected chi connectivity index (χ2v) is 4.57. The number of hydrogen-bond acceptors (Lipinski definition) is 5. The summed E-state index contributed by atoms with van der Waals surface area (Å²) < 4.78 is 5.61. The molecule has 94 valence electrons. The first-order valence-corrected chi connectivity index (χ1v) is 6.38. The molecule has 3 rings (SSSR count). The average molecular weight is 244 g/mol. The molecule has 0 saturated heterocycles. The van der Waals surface area contributed by atoms with Gasteiger partial charge < -0.3 is 9.73 Å². The molecular formula is C13H16N4O. The molecule has 2 heterocycles. The first-order valence-electron chi connectivity index (χ1n) is 6.38. The van der Waals surface area contributed by atoms with Gasteiger partial charge in [-0.2, -0.15) is 0 Å². The number of nitrogens with one attached hydrogen (secondary N) is 1. The van der Waals surface area contributed by atoms with E-state index in [4.69, 9.17) is 4.42 Å². The van der Waals surface area contributed by atoms with Crippen molar-refractivity contribution >= 4 is 0 Å². The van der Waals surface area contributed by atoms with Crippen molar-refractivity contribution in [1.82, 2.24) is 20.5 Å². The van der Waals surface area contributed by atoms with Gasteiger partial charge in [0.1, 0.15) is 0 Å². The van der Waals surface area contributed by atoms with Crippen molar-refractivity contribution in [1.29, 1.82) is 0 Å². The molecule has 0 radical (unpaired) electrons. The topological polar surface area (TPSA) is 63.8 Å². The molecular weight excluding hydrogens is 228 g/mol. The van der Waals surface area contributed by atoms with Crippen molar-refractivity contribution in [3.63, 3.8) is 0 Å². The predicted octanol–water partition coefficient (Wildman–Crippen LogP) is 1.82. The van der Waals surface area contributed by atoms with Crippen LogP contribution in [0.3, 0.4) is 0 Å². The van der Waals surface area contributed by atoms with E-state index in [2.05, 4.69) is 20.5 Å². The molecule has 1 N–H and O–H groups in total. The van der Waals surface area contributed by atoms with Crippen molar-refractivity contribution < 1.29 is 4.42 Å². The Hall–Kier alpha value is -1.75. The number of aromatic nitrogens is 3. The van der Waals surface area contributed by atoms with Gasteiger partial charge in [0.2, 0.25) is 11.8 Å². The Kier molecular flexibility index (Phi) is 3.32. The fourth-order valence-corrected chi connectivity index (χ4v) is 1.80. The molecule has 2 aromatic heterocycles. The summed E-state index contributed by atoms with van der Waals surface area (Å²) in [5, 5.41) is 11.6. The van der Waals surface area contributed by atoms with E-state index in [9.17, 15) is 0 Å². The van der Waals surface area contributed by atoms with Gasteiger partial charge in [0.15, 0.2) is 0 Å². The highest BCUT2D eigenvalue weighted by molar-refractivity contribution is 5.50. The third kappa shape index (κ3) is 2.92. The zero-order valence-electron chi connectivity index (χ0n) is 10.2. The van der Waals surface area contributed by atoms with Gasteiger partial charge in [-0.05, 0) is 37.9 Å². The van der Waals surface area contributed by atoms with Crippen molar-refractivity contribution in [3.8, 4) is 11.5 Å². The standard InChI is InChI=1S/C13H16N4O/c1(7-15-11-3-4-11)2-12-16-17-13(18-12)10-5-8-14-9-6-10/h5-6,8-9,11,15H,1-4,7H2. The summed E-state index contributed by atoms with van der Waals surface area (Å²) in [6.45, 7) is 1.03. The fourth-order valence-electron chi connectivity index (χ4n) is 1.80. The lowest BCUT2D eigenvalue weighted by molar-refractivity contribution is 0.491. The van der Waals surface area contributed by atoms with Gasteiger partial charge in [0.25, 0.3) is 0 Å². The second-order valence-electron chi connectivity index (χ2n) is 4.57. The van der Waals surface area contributed by atoms with E-state index >= 15 is 0 Å². The van der Waals surface area contributed by atoms with Gasteiger partial charge in [0, 0.05) is 30.4 Å². The zero-order valence-corrected chi connectivity index (χ0v) is 10.2. The van der Waals surface area contributed by atoms with Crippen molar-refractivity contribution in [2.75, 3.05) is 6.54 Å². The largest absolute Gasteiger partial charge is 0.421 e. The lowest BCUT2D eigenvalue weighted by Crippen LogP contribution is -2.17. The van der Waals surface area contributed by atoms with E-state index in [-0.39, 0.29) is 0 Å². The third-order valence-corrected chi connectivity index (χ3v) is 2.97. The molecule has 5 heteroatoms. The second kappa shape index (κ2) is 5.27. The van der Waals surface area contributed by atoms with E-state index in [1.165, 1.54) is 12.8 Å². The molecule has 0 aromatic carbocycles. The number of aryl methyl sites for hydroxylation is 1. The number of pyridine rings is 1. The summed E-state index contributed by atoms with van der Waals surface area (Å²) in [7, 11) is 0. The minimum atomic E-state index is 0.572. The molecule has 0 spiro atoms. The molecule has 18 heavy (non-hydrogen) atoms. The van der Waals surface area contributed by atoms with Gasteiger partial charge in [0.05, 0.1) is 0 Å². The van der Waals surface area contributed by atoms with Crippen LogP contribution in [0.15, 0.2) is 28.9 Å². The van der Waals surface area contributed by atoms with Crippen LogP contribution < -0.4 is 5.32 Å². The van der Waals surface area contributed by atoms with Crippen LogP contribution in [0.1, 0.15) is 25.2 Å². The summed E-state index contributed by atoms with van der Waals surface area (Å²) in [6.07, 6.45) is 7.96. The minimum absolute atomic E-state index is 0.572. The molecule has 5 nitrogen and oxygen atoms in total. The third-order valence-electron chi connectivity index (χ3n) is 2.97. The van der Waals surface area contributed by atoms with Gasteiger partial charge in [-0.3, -0.25) is 4.98 Å². The van der Waals surface area contributed by atoms with E-state index in [1.54, 1.807) is 12.4 Å². The lowest BCUT2D eigenvalue weighted by Gasteiger charge is -1.99. The Bertz CT molecular complexity index is 493. The maximum absolute atomic E-state index is 5.61. The summed E-state index contributed by atoms with van der Waals surface area (Å²) in [4.78, 5) is 3.96. The van der Waals surface area contributed by atoms with Crippen LogP contribution >= 0.6 is 0 Å². The smallest absolute Gasteiger partial charge is 0.247 e. The maximum Gasteiger partial charge on any atom is 0.247 e. The van der Waals surface area contributed by atoms with Crippen LogP contribution in [0.2, 0.25) is 0 Å². The summed E-state index contributed by atoms with van der Waals surface area (Å²) >= 11 is 0. The summed E-state index contributed by atoms with van der Waals surface area (Å²) in [5.74, 6) is 1.28. The highest BCUT2D eigenvalue weighted by Crippen LogP contribution is 2.19. The Morgan fingerprint density at radius 1 is 1.22 bits per heavy atom. The van der Waals surface area contributed by atoms with Crippen LogP contribution in [0.5, 0.6) is 0 Å². The van der Waals surface area contributed by atoms with Crippen LogP contribution in [0.4, 0.5) is 0 Å². The molecule has 0 atom stereocenters. The molecule has 1 saturated carbocycles. The molecule has 1 aliphatic carbocycles. The Morgan fingerprint density at radius 3 is 2.83 bits per heavy atom. The van der Waals surface area contributed by atoms with Gasteiger partial charge in [-0.1, -0.05) is 0 Å². The Morgan fingerprint density at radius 2 is 2.06 bits per heavy atom. The number of rotatable bonds is 6. The van der Waals surface area contributed by atoms with E-state index in [0.29, 0.717) is 11.8 Å². The predicted molar refractivity (Wildman–Crippen MR) is 66.9 cm³/mol. The molecule has 1 fully saturated rings. The first kappa shape index (κ1) is 11.3. The monoisotopic (exact) mass is 244 g/mol. The SMILES string of the molecule is c1cc(-c2nnc(CCCNC3CC3)o2)ccn1. The van der Waals surface area contributed by atoms with E-state index in [1.807, 2.05) is 12.1 Å². The first-order chi connectivity index (χ1) is 8.92. The molecule has 0 aliphatic heterocycles. The number of hydrogen-bond donors (Lipinski definition) is 1. The molecule has 2 aromatic rings. The van der Waals surface area contributed by atoms with Crippen molar-refractivity contribution in [2.45, 2.75) is 31.7 Å². The number of nitrogens with zero attached hydrogens (tertiary/aromatic N) is 3. The van der Waals surface area contributed by atoms with Gasteiger partial charge in [-0.15, -0.1) is 10.2 Å². The van der Waals surface area contributed by atoms with Crippen LogP contribution in [-0.4, -0.2) is 27.8 Å². The highest BCUT2D eigenvalue weighted by Gasteiger charge is 2.19. The molecule has 0 unspecified atom stereocenters. The molecule has 1 aliphatic rings. The van der Waals surface area contributed by atoms with Crippen molar-refractivity contribution in [3.05, 3.63) is 30.4 Å². The quantitative estimate of drug-likeness (QED) is 0.785. The van der Waals surface area contributed by atoms with E-state index in [0.717, 1.165) is 31.0 Å². The Labute approximate surface area is 106 Å². The zero-order chi connectivity index (χ0) is 12.2. The highest BCUT2D eigenvalue weighted by atomic mass is 16.4. The van der Waals surface area contributed by atoms with Crippen molar-refractivity contribution in [2.24, 2.45) is 0 Å². The summed E-state index contributed by atoms with van der Waals surface area (Å²) in [5.41, 5.74) is 0.917. The lowest BCUT2D eigenvalue weighted by atomic mass is 10.3. The van der Waals surface area contributed by atoms with E-state index < -0.39 is 0 Å². The normalized spacial score (nSPS) is 14.9. The molecule has 0 bridgehead atoms. The molecule has 0 amide bonds. The summed E-state index contributed by atoms with van der Waals surface area (Å²) in [6, 6.07) is 4.50. The van der Waals surface area contributed by atoms with Crippen LogP contribution in [0.25, 0.3) is 11.5 Å². The minimum Gasteiger partial charge on any atom is -0.421 e.